The first-order valence-electron chi connectivity index (χ1n) is 5.32. The molecule has 19 heavy (non-hydrogen) atoms. The SMILES string of the molecule is FC(F)(F)c1ccncc1CNc1ccc(I)cn1. The molecule has 0 amide bonds. The lowest BCUT2D eigenvalue weighted by atomic mass is 10.1. The number of hydrogen-bond acceptors (Lipinski definition) is 3. The summed E-state index contributed by atoms with van der Waals surface area (Å²) in [6.45, 7) is 0.0241. The number of nitrogens with zero attached hydrogens (tertiary/aromatic N) is 2. The highest BCUT2D eigenvalue weighted by Crippen LogP contribution is 2.31. The predicted molar refractivity (Wildman–Crippen MR) is 73.5 cm³/mol. The lowest BCUT2D eigenvalue weighted by Gasteiger charge is -2.12. The summed E-state index contributed by atoms with van der Waals surface area (Å²) >= 11 is 2.10. The largest absolute Gasteiger partial charge is 0.416 e. The quantitative estimate of drug-likeness (QED) is 0.827. The van der Waals surface area contributed by atoms with Gasteiger partial charge in [-0.25, -0.2) is 4.98 Å². The van der Waals surface area contributed by atoms with Gasteiger partial charge in [-0.05, 0) is 40.8 Å². The van der Waals surface area contributed by atoms with Gasteiger partial charge in [0, 0.05) is 34.3 Å². The number of nitrogens with one attached hydrogen (secondary N) is 1. The maximum absolute atomic E-state index is 12.8. The van der Waals surface area contributed by atoms with E-state index in [2.05, 4.69) is 37.9 Å². The normalized spacial score (nSPS) is 11.4. The van der Waals surface area contributed by atoms with Gasteiger partial charge in [0.25, 0.3) is 0 Å². The molecule has 0 unspecified atom stereocenters. The van der Waals surface area contributed by atoms with Gasteiger partial charge in [0.05, 0.1) is 5.56 Å². The van der Waals surface area contributed by atoms with Crippen molar-refractivity contribution >= 4 is 28.4 Å². The van der Waals surface area contributed by atoms with Crippen LogP contribution < -0.4 is 5.32 Å². The Kier molecular flexibility index (Phi) is 4.23. The Labute approximate surface area is 121 Å². The van der Waals surface area contributed by atoms with Crippen LogP contribution in [0.1, 0.15) is 11.1 Å². The van der Waals surface area contributed by atoms with Crippen LogP contribution in [0.3, 0.4) is 0 Å². The third-order valence-corrected chi connectivity index (χ3v) is 3.03. The van der Waals surface area contributed by atoms with Crippen molar-refractivity contribution in [3.63, 3.8) is 0 Å². The Morgan fingerprint density at radius 3 is 2.58 bits per heavy atom. The molecule has 0 spiro atoms. The van der Waals surface area contributed by atoms with Gasteiger partial charge in [0.2, 0.25) is 0 Å². The molecule has 0 radical (unpaired) electrons. The molecule has 0 atom stereocenters. The summed E-state index contributed by atoms with van der Waals surface area (Å²) in [6.07, 6.45) is -0.395. The van der Waals surface area contributed by atoms with Crippen molar-refractivity contribution < 1.29 is 13.2 Å². The standard InChI is InChI=1S/C12H9F3IN3/c13-12(14,15)10-3-4-17-5-8(10)6-18-11-2-1-9(16)7-19-11/h1-5,7H,6H2,(H,18,19). The van der Waals surface area contributed by atoms with Gasteiger partial charge >= 0.3 is 6.18 Å². The Morgan fingerprint density at radius 1 is 1.16 bits per heavy atom. The van der Waals surface area contributed by atoms with E-state index in [0.29, 0.717) is 5.82 Å². The molecule has 7 heteroatoms. The van der Waals surface area contributed by atoms with Gasteiger partial charge < -0.3 is 5.32 Å². The number of pyridine rings is 2. The van der Waals surface area contributed by atoms with Crippen LogP contribution in [-0.4, -0.2) is 9.97 Å². The van der Waals surface area contributed by atoms with E-state index in [1.54, 1.807) is 12.3 Å². The molecule has 2 aromatic rings. The minimum Gasteiger partial charge on any atom is -0.366 e. The van der Waals surface area contributed by atoms with Gasteiger partial charge in [-0.2, -0.15) is 13.2 Å². The zero-order valence-corrected chi connectivity index (χ0v) is 11.7. The molecule has 0 saturated heterocycles. The van der Waals surface area contributed by atoms with E-state index >= 15 is 0 Å². The van der Waals surface area contributed by atoms with E-state index in [1.165, 1.54) is 6.20 Å². The summed E-state index contributed by atoms with van der Waals surface area (Å²) in [7, 11) is 0. The molecule has 2 aromatic heterocycles. The lowest BCUT2D eigenvalue weighted by Crippen LogP contribution is -2.12. The van der Waals surface area contributed by atoms with Crippen molar-refractivity contribution in [3.8, 4) is 0 Å². The first-order valence-corrected chi connectivity index (χ1v) is 6.40. The summed E-state index contributed by atoms with van der Waals surface area (Å²) < 4.78 is 39.2. The fraction of sp³-hybridized carbons (Fsp3) is 0.167. The van der Waals surface area contributed by atoms with Crippen molar-refractivity contribution in [1.82, 2.24) is 9.97 Å². The van der Waals surface area contributed by atoms with E-state index in [-0.39, 0.29) is 12.1 Å². The van der Waals surface area contributed by atoms with Crippen LogP contribution in [0.15, 0.2) is 36.8 Å². The number of anilines is 1. The number of hydrogen-bond donors (Lipinski definition) is 1. The Balaban J connectivity index is 2.14. The molecule has 0 saturated carbocycles. The molecule has 2 rings (SSSR count). The number of halogens is 4. The number of aromatic nitrogens is 2. The van der Waals surface area contributed by atoms with Crippen molar-refractivity contribution in [2.45, 2.75) is 12.7 Å². The van der Waals surface area contributed by atoms with E-state index in [0.717, 1.165) is 15.8 Å². The summed E-state index contributed by atoms with van der Waals surface area (Å²) in [5.74, 6) is 0.525. The molecule has 0 bridgehead atoms. The average molecular weight is 379 g/mol. The third kappa shape index (κ3) is 3.79. The topological polar surface area (TPSA) is 37.8 Å². The minimum absolute atomic E-state index is 0.0241. The molecular formula is C12H9F3IN3. The van der Waals surface area contributed by atoms with Crippen LogP contribution in [0.2, 0.25) is 0 Å². The molecule has 100 valence electrons. The molecule has 2 heterocycles. The van der Waals surface area contributed by atoms with Gasteiger partial charge in [0.1, 0.15) is 5.82 Å². The Morgan fingerprint density at radius 2 is 1.95 bits per heavy atom. The smallest absolute Gasteiger partial charge is 0.366 e. The highest BCUT2D eigenvalue weighted by molar-refractivity contribution is 14.1. The number of rotatable bonds is 3. The second-order valence-electron chi connectivity index (χ2n) is 3.75. The zero-order chi connectivity index (χ0) is 13.9. The highest BCUT2D eigenvalue weighted by atomic mass is 127. The Bertz CT molecular complexity index is 555. The second-order valence-corrected chi connectivity index (χ2v) is 4.99. The van der Waals surface area contributed by atoms with Crippen LogP contribution in [0, 0.1) is 3.57 Å². The van der Waals surface area contributed by atoms with Crippen LogP contribution in [0.25, 0.3) is 0 Å². The fourth-order valence-electron chi connectivity index (χ4n) is 1.51. The van der Waals surface area contributed by atoms with Crippen LogP contribution in [-0.2, 0) is 12.7 Å². The molecule has 0 aliphatic carbocycles. The monoisotopic (exact) mass is 379 g/mol. The maximum Gasteiger partial charge on any atom is 0.416 e. The summed E-state index contributed by atoms with van der Waals surface area (Å²) in [4.78, 5) is 7.79. The molecule has 0 aliphatic rings. The minimum atomic E-state index is -4.38. The average Bonchev–Trinajstić information content (AvgIpc) is 2.37. The Hall–Kier alpha value is -1.38. The van der Waals surface area contributed by atoms with Crippen LogP contribution in [0.4, 0.5) is 19.0 Å². The first kappa shape index (κ1) is 14.0. The van der Waals surface area contributed by atoms with Crippen molar-refractivity contribution in [3.05, 3.63) is 51.5 Å². The van der Waals surface area contributed by atoms with E-state index in [1.807, 2.05) is 6.07 Å². The summed E-state index contributed by atoms with van der Waals surface area (Å²) in [6, 6.07) is 4.51. The predicted octanol–water partition coefficient (Wildman–Crippen LogP) is 3.71. The van der Waals surface area contributed by atoms with Gasteiger partial charge in [-0.3, -0.25) is 4.98 Å². The molecule has 0 fully saturated rings. The summed E-state index contributed by atoms with van der Waals surface area (Å²) in [5, 5.41) is 2.85. The molecule has 0 aliphatic heterocycles. The van der Waals surface area contributed by atoms with Crippen LogP contribution >= 0.6 is 22.6 Å². The van der Waals surface area contributed by atoms with Crippen molar-refractivity contribution in [1.29, 1.82) is 0 Å². The second kappa shape index (κ2) is 5.72. The maximum atomic E-state index is 12.8. The summed E-state index contributed by atoms with van der Waals surface area (Å²) in [5.41, 5.74) is -0.587. The fourth-order valence-corrected chi connectivity index (χ4v) is 1.83. The molecule has 1 N–H and O–H groups in total. The van der Waals surface area contributed by atoms with Gasteiger partial charge in [-0.15, -0.1) is 0 Å². The first-order chi connectivity index (χ1) is 8.97. The van der Waals surface area contributed by atoms with Gasteiger partial charge in [0.15, 0.2) is 0 Å². The van der Waals surface area contributed by atoms with Crippen molar-refractivity contribution in [2.75, 3.05) is 5.32 Å². The highest BCUT2D eigenvalue weighted by Gasteiger charge is 2.33. The van der Waals surface area contributed by atoms with E-state index in [9.17, 15) is 13.2 Å². The molecule has 3 nitrogen and oxygen atoms in total. The van der Waals surface area contributed by atoms with Crippen LogP contribution in [0.5, 0.6) is 0 Å². The molecular weight excluding hydrogens is 370 g/mol. The van der Waals surface area contributed by atoms with Crippen molar-refractivity contribution in [2.24, 2.45) is 0 Å². The number of alkyl halides is 3. The van der Waals surface area contributed by atoms with E-state index < -0.39 is 11.7 Å². The molecule has 0 aromatic carbocycles. The zero-order valence-electron chi connectivity index (χ0n) is 9.58. The van der Waals surface area contributed by atoms with E-state index in [4.69, 9.17) is 0 Å². The van der Waals surface area contributed by atoms with Gasteiger partial charge in [-0.1, -0.05) is 0 Å². The lowest BCUT2D eigenvalue weighted by molar-refractivity contribution is -0.138. The third-order valence-electron chi connectivity index (χ3n) is 2.40.